The van der Waals surface area contributed by atoms with E-state index in [0.717, 1.165) is 17.7 Å². The van der Waals surface area contributed by atoms with Crippen molar-refractivity contribution in [3.63, 3.8) is 0 Å². The fourth-order valence-corrected chi connectivity index (χ4v) is 5.12. The standard InChI is InChI=1S/C19H21ClN6O4S2/c20-17-4-3-14(31-17)9-26-6-5-16(25-26)18(27)15-8-22-11-23-19(15)24-13-2-1-12(7-13)10-30-32(21,28)29/h3-6,8,11-13H,1-2,7,9-10H2,(H2,21,28,29)(H,22,23,24). The zero-order valence-electron chi connectivity index (χ0n) is 16.8. The fraction of sp³-hybridized carbons (Fsp3) is 0.368. The van der Waals surface area contributed by atoms with Crippen molar-refractivity contribution in [2.24, 2.45) is 11.1 Å². The molecule has 1 saturated carbocycles. The van der Waals surface area contributed by atoms with Gasteiger partial charge in [-0.1, -0.05) is 11.6 Å². The van der Waals surface area contributed by atoms with Crippen molar-refractivity contribution in [1.82, 2.24) is 19.7 Å². The SMILES string of the molecule is NS(=O)(=O)OCC1CCC(Nc2ncncc2C(=O)c2ccn(Cc3ccc(Cl)s3)n2)C1. The number of rotatable bonds is 9. The van der Waals surface area contributed by atoms with E-state index < -0.39 is 10.3 Å². The molecule has 0 aliphatic heterocycles. The molecule has 3 N–H and O–H groups in total. The van der Waals surface area contributed by atoms with Gasteiger partial charge in [-0.05, 0) is 43.4 Å². The number of carbonyl (C=O) groups is 1. The number of hydrogen-bond donors (Lipinski definition) is 2. The molecule has 4 rings (SSSR count). The highest BCUT2D eigenvalue weighted by molar-refractivity contribution is 7.84. The summed E-state index contributed by atoms with van der Waals surface area (Å²) < 4.78 is 29.1. The molecule has 0 saturated heterocycles. The minimum Gasteiger partial charge on any atom is -0.367 e. The van der Waals surface area contributed by atoms with Gasteiger partial charge in [0.25, 0.3) is 0 Å². The van der Waals surface area contributed by atoms with Crippen LogP contribution < -0.4 is 10.5 Å². The van der Waals surface area contributed by atoms with Gasteiger partial charge in [0.15, 0.2) is 0 Å². The molecule has 32 heavy (non-hydrogen) atoms. The van der Waals surface area contributed by atoms with Gasteiger partial charge in [-0.25, -0.2) is 15.1 Å². The first-order valence-corrected chi connectivity index (χ1v) is 12.5. The van der Waals surface area contributed by atoms with Gasteiger partial charge in [0, 0.05) is 23.3 Å². The molecule has 1 fully saturated rings. The fourth-order valence-electron chi connectivity index (χ4n) is 3.66. The summed E-state index contributed by atoms with van der Waals surface area (Å²) in [6.45, 7) is 0.560. The van der Waals surface area contributed by atoms with Gasteiger partial charge in [-0.3, -0.25) is 13.7 Å². The highest BCUT2D eigenvalue weighted by Gasteiger charge is 2.28. The molecular weight excluding hydrogens is 476 g/mol. The zero-order chi connectivity index (χ0) is 22.7. The van der Waals surface area contributed by atoms with Gasteiger partial charge in [-0.15, -0.1) is 11.3 Å². The topological polar surface area (TPSA) is 142 Å². The summed E-state index contributed by atoms with van der Waals surface area (Å²) in [4.78, 5) is 22.3. The molecular formula is C19H21ClN6O4S2. The van der Waals surface area contributed by atoms with Crippen LogP contribution in [-0.2, 0) is 21.0 Å². The van der Waals surface area contributed by atoms with Crippen LogP contribution in [0, 0.1) is 5.92 Å². The van der Waals surface area contributed by atoms with E-state index in [4.69, 9.17) is 20.9 Å². The van der Waals surface area contributed by atoms with Crippen LogP contribution in [0.4, 0.5) is 5.82 Å². The molecule has 1 aliphatic carbocycles. The molecule has 3 heterocycles. The first-order chi connectivity index (χ1) is 15.3. The second kappa shape index (κ2) is 9.63. The Bertz CT molecular complexity index is 1210. The third-order valence-corrected chi connectivity index (χ3v) is 6.81. The van der Waals surface area contributed by atoms with Crippen molar-refractivity contribution < 1.29 is 17.4 Å². The van der Waals surface area contributed by atoms with Crippen LogP contribution in [-0.4, -0.2) is 46.6 Å². The Morgan fingerprint density at radius 3 is 2.94 bits per heavy atom. The second-order valence-electron chi connectivity index (χ2n) is 7.52. The predicted octanol–water partition coefficient (Wildman–Crippen LogP) is 2.47. The number of nitrogens with two attached hydrogens (primary N) is 1. The lowest BCUT2D eigenvalue weighted by Gasteiger charge is -2.15. The van der Waals surface area contributed by atoms with E-state index in [-0.39, 0.29) is 30.0 Å². The number of thiophene rings is 1. The van der Waals surface area contributed by atoms with Crippen molar-refractivity contribution >= 4 is 44.8 Å². The number of aromatic nitrogens is 4. The smallest absolute Gasteiger partial charge is 0.333 e. The molecule has 0 amide bonds. The molecule has 13 heteroatoms. The number of carbonyl (C=O) groups excluding carboxylic acids is 1. The number of hydrogen-bond acceptors (Lipinski definition) is 9. The number of ketones is 1. The van der Waals surface area contributed by atoms with Crippen LogP contribution in [0.5, 0.6) is 0 Å². The normalized spacial score (nSPS) is 18.7. The summed E-state index contributed by atoms with van der Waals surface area (Å²) in [5, 5.41) is 12.6. The molecule has 170 valence electrons. The number of anilines is 1. The molecule has 1 aliphatic rings. The lowest BCUT2D eigenvalue weighted by atomic mass is 10.1. The van der Waals surface area contributed by atoms with Crippen LogP contribution in [0.25, 0.3) is 0 Å². The van der Waals surface area contributed by atoms with E-state index in [9.17, 15) is 13.2 Å². The Labute approximate surface area is 194 Å². The third kappa shape index (κ3) is 5.90. The summed E-state index contributed by atoms with van der Waals surface area (Å²) in [7, 11) is -3.95. The Hall–Kier alpha value is -2.38. The van der Waals surface area contributed by atoms with Gasteiger partial charge in [0.2, 0.25) is 5.78 Å². The quantitative estimate of drug-likeness (QED) is 0.430. The van der Waals surface area contributed by atoms with Crippen molar-refractivity contribution in [2.45, 2.75) is 31.8 Å². The largest absolute Gasteiger partial charge is 0.367 e. The third-order valence-electron chi connectivity index (χ3n) is 5.13. The molecule has 2 atom stereocenters. The van der Waals surface area contributed by atoms with E-state index in [1.165, 1.54) is 23.9 Å². The molecule has 3 aromatic heterocycles. The molecule has 0 radical (unpaired) electrons. The summed E-state index contributed by atoms with van der Waals surface area (Å²) in [5.74, 6) is 0.180. The summed E-state index contributed by atoms with van der Waals surface area (Å²) in [6, 6.07) is 5.42. The van der Waals surface area contributed by atoms with Crippen molar-refractivity contribution in [3.05, 3.63) is 57.4 Å². The highest BCUT2D eigenvalue weighted by Crippen LogP contribution is 2.29. The molecule has 0 bridgehead atoms. The number of nitrogens with one attached hydrogen (secondary N) is 1. The Morgan fingerprint density at radius 1 is 1.34 bits per heavy atom. The number of nitrogens with zero attached hydrogens (tertiary/aromatic N) is 4. The first-order valence-electron chi connectivity index (χ1n) is 9.83. The van der Waals surface area contributed by atoms with Gasteiger partial charge >= 0.3 is 10.3 Å². The van der Waals surface area contributed by atoms with Crippen LogP contribution in [0.2, 0.25) is 4.34 Å². The summed E-state index contributed by atoms with van der Waals surface area (Å²) >= 11 is 7.43. The molecule has 0 aromatic carbocycles. The van der Waals surface area contributed by atoms with Gasteiger partial charge in [-0.2, -0.15) is 13.5 Å². The van der Waals surface area contributed by atoms with Gasteiger partial charge < -0.3 is 5.32 Å². The Balaban J connectivity index is 1.42. The van der Waals surface area contributed by atoms with Crippen molar-refractivity contribution in [1.29, 1.82) is 0 Å². The van der Waals surface area contributed by atoms with E-state index in [1.807, 2.05) is 12.1 Å². The second-order valence-corrected chi connectivity index (χ2v) is 10.5. The van der Waals surface area contributed by atoms with Crippen molar-refractivity contribution in [3.8, 4) is 0 Å². The Morgan fingerprint density at radius 2 is 2.19 bits per heavy atom. The van der Waals surface area contributed by atoms with Crippen LogP contribution in [0.3, 0.4) is 0 Å². The van der Waals surface area contributed by atoms with Crippen LogP contribution in [0.1, 0.15) is 40.2 Å². The summed E-state index contributed by atoms with van der Waals surface area (Å²) in [5.41, 5.74) is 0.609. The zero-order valence-corrected chi connectivity index (χ0v) is 19.2. The Kier molecular flexibility index (Phi) is 6.86. The number of halogens is 1. The molecule has 0 spiro atoms. The van der Waals surface area contributed by atoms with Crippen LogP contribution in [0.15, 0.2) is 36.9 Å². The minimum atomic E-state index is -3.95. The van der Waals surface area contributed by atoms with E-state index >= 15 is 0 Å². The molecule has 10 nitrogen and oxygen atoms in total. The maximum atomic E-state index is 13.1. The van der Waals surface area contributed by atoms with E-state index in [0.29, 0.717) is 28.7 Å². The monoisotopic (exact) mass is 496 g/mol. The van der Waals surface area contributed by atoms with Gasteiger partial charge in [0.05, 0.1) is 23.1 Å². The molecule has 3 aromatic rings. The van der Waals surface area contributed by atoms with E-state index in [1.54, 1.807) is 16.9 Å². The van der Waals surface area contributed by atoms with Crippen molar-refractivity contribution in [2.75, 3.05) is 11.9 Å². The minimum absolute atomic E-state index is 0.0201. The maximum absolute atomic E-state index is 13.1. The van der Waals surface area contributed by atoms with E-state index in [2.05, 4.69) is 20.4 Å². The lowest BCUT2D eigenvalue weighted by molar-refractivity contribution is 0.103. The lowest BCUT2D eigenvalue weighted by Crippen LogP contribution is -2.22. The first kappa shape index (κ1) is 22.8. The van der Waals surface area contributed by atoms with Crippen LogP contribution >= 0.6 is 22.9 Å². The molecule has 2 unspecified atom stereocenters. The maximum Gasteiger partial charge on any atom is 0.333 e. The average molecular weight is 497 g/mol. The summed E-state index contributed by atoms with van der Waals surface area (Å²) in [6.07, 6.45) is 6.81. The predicted molar refractivity (Wildman–Crippen MR) is 120 cm³/mol. The highest BCUT2D eigenvalue weighted by atomic mass is 35.5. The van der Waals surface area contributed by atoms with Gasteiger partial charge in [0.1, 0.15) is 17.8 Å². The average Bonchev–Trinajstić information content (AvgIpc) is 3.48.